The molecule has 246 valence electrons. The van der Waals surface area contributed by atoms with Crippen LogP contribution in [0.1, 0.15) is 84.3 Å². The van der Waals surface area contributed by atoms with Crippen molar-refractivity contribution in [1.82, 2.24) is 4.90 Å². The van der Waals surface area contributed by atoms with Gasteiger partial charge in [0.15, 0.2) is 11.5 Å². The van der Waals surface area contributed by atoms with Crippen LogP contribution in [0, 0.1) is 0 Å². The van der Waals surface area contributed by atoms with Gasteiger partial charge in [0.1, 0.15) is 0 Å². The number of rotatable bonds is 15. The van der Waals surface area contributed by atoms with Crippen molar-refractivity contribution in [2.24, 2.45) is 0 Å². The van der Waals surface area contributed by atoms with E-state index < -0.39 is 8.32 Å². The smallest absolute Gasteiger partial charge is 0.320 e. The van der Waals surface area contributed by atoms with E-state index in [0.717, 1.165) is 44.2 Å². The Morgan fingerprint density at radius 2 is 1.51 bits per heavy atom. The number of hydrogen-bond donors (Lipinski definition) is 1. The Hall–Kier alpha value is -2.84. The Morgan fingerprint density at radius 3 is 2.02 bits per heavy atom. The molecule has 1 N–H and O–H groups in total. The lowest BCUT2D eigenvalue weighted by molar-refractivity contribution is 0.00986. The topological polar surface area (TPSA) is 60.4 Å². The molecule has 1 aliphatic heterocycles. The van der Waals surface area contributed by atoms with Crippen LogP contribution in [0.3, 0.4) is 0 Å². The third-order valence-electron chi connectivity index (χ3n) is 9.53. The van der Waals surface area contributed by atoms with E-state index in [1.54, 1.807) is 21.3 Å². The summed E-state index contributed by atoms with van der Waals surface area (Å²) in [6.07, 6.45) is 7.39. The first kappa shape index (κ1) is 35.0. The zero-order valence-electron chi connectivity index (χ0n) is 28.6. The van der Waals surface area contributed by atoms with Crippen molar-refractivity contribution in [3.63, 3.8) is 0 Å². The van der Waals surface area contributed by atoms with Gasteiger partial charge in [-0.1, -0.05) is 108 Å². The molecule has 3 atom stereocenters. The highest BCUT2D eigenvalue weighted by Gasteiger charge is 2.52. The molecule has 1 fully saturated rings. The first-order valence-corrected chi connectivity index (χ1v) is 18.6. The number of aliphatic hydroxyl groups excluding tert-OH is 1. The van der Waals surface area contributed by atoms with E-state index in [1.165, 1.54) is 23.2 Å². The van der Waals surface area contributed by atoms with Crippen molar-refractivity contribution in [2.45, 2.75) is 95.9 Å². The second kappa shape index (κ2) is 16.1. The van der Waals surface area contributed by atoms with Gasteiger partial charge in [0.2, 0.25) is 5.75 Å². The van der Waals surface area contributed by atoms with Crippen LogP contribution in [-0.2, 0) is 4.74 Å². The fourth-order valence-electron chi connectivity index (χ4n) is 7.20. The number of aliphatic hydroxyl groups is 1. The molecule has 6 nitrogen and oxygen atoms in total. The summed E-state index contributed by atoms with van der Waals surface area (Å²) in [5.74, 6) is 1.88. The molecule has 0 amide bonds. The van der Waals surface area contributed by atoms with Crippen LogP contribution >= 0.6 is 0 Å². The average Bonchev–Trinajstić information content (AvgIpc) is 3.06. The summed E-state index contributed by atoms with van der Waals surface area (Å²) in [6, 6.07) is 26.0. The number of methoxy groups -OCH3 is 3. The lowest BCUT2D eigenvalue weighted by atomic mass is 9.91. The second-order valence-electron chi connectivity index (χ2n) is 13.3. The lowest BCUT2D eigenvalue weighted by Gasteiger charge is -2.43. The number of unbranched alkanes of at least 4 members (excludes halogenated alkanes) is 1. The molecule has 0 saturated carbocycles. The molecule has 0 spiro atoms. The van der Waals surface area contributed by atoms with E-state index in [9.17, 15) is 5.11 Å². The fourth-order valence-corrected chi connectivity index (χ4v) is 11.6. The van der Waals surface area contributed by atoms with Crippen LogP contribution in [-0.4, -0.2) is 64.9 Å². The van der Waals surface area contributed by atoms with Crippen molar-refractivity contribution in [3.05, 3.63) is 78.4 Å². The van der Waals surface area contributed by atoms with E-state index in [4.69, 9.17) is 18.6 Å². The summed E-state index contributed by atoms with van der Waals surface area (Å²) in [6.45, 7) is 10.3. The van der Waals surface area contributed by atoms with E-state index >= 15 is 0 Å². The van der Waals surface area contributed by atoms with Gasteiger partial charge in [0, 0.05) is 19.2 Å². The van der Waals surface area contributed by atoms with Crippen molar-refractivity contribution >= 4 is 18.7 Å². The molecule has 1 heterocycles. The van der Waals surface area contributed by atoms with E-state index in [2.05, 4.69) is 99.3 Å². The second-order valence-corrected chi connectivity index (χ2v) is 17.6. The van der Waals surface area contributed by atoms with Gasteiger partial charge in [0.25, 0.3) is 0 Å². The average molecular weight is 634 g/mol. The molecule has 4 rings (SSSR count). The minimum Gasteiger partial charge on any atom is -0.531 e. The first-order chi connectivity index (χ1) is 21.7. The largest absolute Gasteiger partial charge is 0.531 e. The molecule has 0 radical (unpaired) electrons. The maximum Gasteiger partial charge on any atom is 0.320 e. The molecule has 1 saturated heterocycles. The van der Waals surface area contributed by atoms with Gasteiger partial charge in [0.05, 0.1) is 26.9 Å². The minimum absolute atomic E-state index is 0.178. The van der Waals surface area contributed by atoms with Crippen LogP contribution < -0.4 is 24.3 Å². The van der Waals surface area contributed by atoms with Gasteiger partial charge in [-0.3, -0.25) is 4.90 Å². The van der Waals surface area contributed by atoms with E-state index in [-0.39, 0.29) is 23.8 Å². The van der Waals surface area contributed by atoms with Crippen LogP contribution in [0.15, 0.2) is 72.8 Å². The monoisotopic (exact) mass is 633 g/mol. The third-order valence-corrected chi connectivity index (χ3v) is 14.5. The molecule has 0 aromatic heterocycles. The van der Waals surface area contributed by atoms with Crippen LogP contribution in [0.5, 0.6) is 17.2 Å². The van der Waals surface area contributed by atoms with Crippen molar-refractivity contribution in [3.8, 4) is 17.2 Å². The van der Waals surface area contributed by atoms with Crippen molar-refractivity contribution in [1.29, 1.82) is 0 Å². The van der Waals surface area contributed by atoms with Crippen LogP contribution in [0.25, 0.3) is 0 Å². The zero-order chi connectivity index (χ0) is 32.5. The van der Waals surface area contributed by atoms with E-state index in [0.29, 0.717) is 23.3 Å². The molecule has 3 aromatic carbocycles. The number of nitrogens with zero attached hydrogens (tertiary/aromatic N) is 1. The highest BCUT2D eigenvalue weighted by Crippen LogP contribution is 2.46. The van der Waals surface area contributed by atoms with E-state index in [1.807, 2.05) is 6.07 Å². The first-order valence-electron chi connectivity index (χ1n) is 16.7. The Morgan fingerprint density at radius 1 is 0.889 bits per heavy atom. The number of benzene rings is 3. The summed E-state index contributed by atoms with van der Waals surface area (Å²) >= 11 is 0. The maximum atomic E-state index is 10.3. The standard InChI is InChI=1S/C38H55NO5Si/c1-8-9-18-31(28-40)39-24-17-16-19-30(39)27-34(41-5)29-25-35(42-6)37(43-7)36(26-29)44-45(38(2,3)4,32-20-12-10-13-21-32)33-22-14-11-15-23-33/h10-15,20-23,25-26,30-31,34,40H,8-9,16-19,24,27-28H2,1-7H3. The third kappa shape index (κ3) is 7.76. The Bertz CT molecular complexity index is 1270. The molecule has 3 unspecified atom stereocenters. The molecule has 45 heavy (non-hydrogen) atoms. The molecule has 0 bridgehead atoms. The molecular formula is C38H55NO5Si. The lowest BCUT2D eigenvalue weighted by Crippen LogP contribution is -2.68. The van der Waals surface area contributed by atoms with Crippen molar-refractivity contribution in [2.75, 3.05) is 34.5 Å². The van der Waals surface area contributed by atoms with Gasteiger partial charge >= 0.3 is 8.32 Å². The summed E-state index contributed by atoms with van der Waals surface area (Å²) in [5.41, 5.74) is 1.00. The maximum absolute atomic E-state index is 10.3. The summed E-state index contributed by atoms with van der Waals surface area (Å²) in [5, 5.41) is 12.5. The number of likely N-dealkylation sites (tertiary alicyclic amines) is 1. The van der Waals surface area contributed by atoms with Gasteiger partial charge < -0.3 is 23.7 Å². The Balaban J connectivity index is 1.81. The quantitative estimate of drug-likeness (QED) is 0.180. The summed E-state index contributed by atoms with van der Waals surface area (Å²) < 4.78 is 25.7. The minimum atomic E-state index is -2.94. The highest BCUT2D eigenvalue weighted by molar-refractivity contribution is 7.00. The Kier molecular flexibility index (Phi) is 12.5. The van der Waals surface area contributed by atoms with Gasteiger partial charge in [-0.2, -0.15) is 0 Å². The predicted molar refractivity (Wildman–Crippen MR) is 187 cm³/mol. The van der Waals surface area contributed by atoms with Crippen molar-refractivity contribution < 1.29 is 23.7 Å². The zero-order valence-corrected chi connectivity index (χ0v) is 29.6. The number of hydrogen-bond acceptors (Lipinski definition) is 6. The van der Waals surface area contributed by atoms with Crippen LogP contribution in [0.2, 0.25) is 5.04 Å². The fraction of sp³-hybridized carbons (Fsp3) is 0.526. The molecule has 1 aliphatic rings. The Labute approximate surface area is 272 Å². The normalized spacial score (nSPS) is 17.5. The molecule has 7 heteroatoms. The summed E-state index contributed by atoms with van der Waals surface area (Å²) in [4.78, 5) is 2.55. The number of piperidine rings is 1. The SMILES string of the molecule is CCCCC(CO)N1CCCCC1CC(OC)c1cc(OC)c(OC)c(O[Si](c2ccccc2)(c2ccccc2)C(C)(C)C)c1. The van der Waals surface area contributed by atoms with Crippen LogP contribution in [0.4, 0.5) is 0 Å². The number of ether oxygens (including phenoxy) is 3. The molecule has 0 aliphatic carbocycles. The predicted octanol–water partition coefficient (Wildman–Crippen LogP) is 7.13. The molecule has 3 aromatic rings. The van der Waals surface area contributed by atoms with Gasteiger partial charge in [-0.15, -0.1) is 0 Å². The van der Waals surface area contributed by atoms with Gasteiger partial charge in [-0.25, -0.2) is 0 Å². The highest BCUT2D eigenvalue weighted by atomic mass is 28.4. The molecular weight excluding hydrogens is 579 g/mol. The summed E-state index contributed by atoms with van der Waals surface area (Å²) in [7, 11) is 2.20. The van der Waals surface area contributed by atoms with Gasteiger partial charge in [-0.05, 0) is 65.3 Å².